The van der Waals surface area contributed by atoms with Crippen molar-refractivity contribution in [2.45, 2.75) is 121 Å². The molecule has 3 saturated heterocycles. The lowest BCUT2D eigenvalue weighted by molar-refractivity contribution is -0.195. The first-order valence-electron chi connectivity index (χ1n) is 15.9. The number of piperidine rings is 2. The molecule has 4 amide bonds. The van der Waals surface area contributed by atoms with Gasteiger partial charge in [-0.3, -0.25) is 14.4 Å². The van der Waals surface area contributed by atoms with Crippen molar-refractivity contribution < 1.29 is 46.6 Å². The average Bonchev–Trinajstić information content (AvgIpc) is 3.31. The number of ether oxygens (including phenoxy) is 2. The topological polar surface area (TPSA) is 143 Å². The Kier molecular flexibility index (Phi) is 10.7. The molecule has 252 valence electrons. The first-order chi connectivity index (χ1) is 21.1. The Labute approximate surface area is 261 Å². The van der Waals surface area contributed by atoms with Gasteiger partial charge in [-0.2, -0.15) is 4.39 Å². The zero-order valence-electron chi connectivity index (χ0n) is 26.3. The van der Waals surface area contributed by atoms with Gasteiger partial charge in [0, 0.05) is 24.9 Å². The van der Waals surface area contributed by atoms with E-state index >= 15 is 8.78 Å². The van der Waals surface area contributed by atoms with Gasteiger partial charge in [-0.15, -0.1) is 0 Å². The minimum absolute atomic E-state index is 0.0188. The summed E-state index contributed by atoms with van der Waals surface area (Å²) in [7, 11) is 0. The lowest BCUT2D eigenvalue weighted by Crippen LogP contribution is -2.70. The van der Waals surface area contributed by atoms with E-state index in [1.165, 1.54) is 11.8 Å². The second-order valence-electron chi connectivity index (χ2n) is 13.6. The number of nitrogens with one attached hydrogen (secondary N) is 3. The molecule has 3 N–H and O–H groups in total. The number of nitrogens with zero attached hydrogens (tertiary/aromatic N) is 1. The molecule has 3 aliphatic heterocycles. The molecule has 0 unspecified atom stereocenters. The van der Waals surface area contributed by atoms with Gasteiger partial charge in [0.2, 0.25) is 23.5 Å². The molecule has 5 rings (SSSR count). The Morgan fingerprint density at radius 1 is 1.09 bits per heavy atom. The van der Waals surface area contributed by atoms with Crippen LogP contribution in [0, 0.1) is 17.8 Å². The van der Waals surface area contributed by atoms with Crippen molar-refractivity contribution in [2.75, 3.05) is 13.2 Å². The van der Waals surface area contributed by atoms with E-state index in [4.69, 9.17) is 9.47 Å². The number of amides is 4. The highest BCUT2D eigenvalue weighted by Gasteiger charge is 2.61. The van der Waals surface area contributed by atoms with E-state index in [-0.39, 0.29) is 44.1 Å². The van der Waals surface area contributed by atoms with Crippen molar-refractivity contribution in [3.63, 3.8) is 0 Å². The summed E-state index contributed by atoms with van der Waals surface area (Å²) in [6, 6.07) is -4.92. The molecule has 14 heteroatoms. The van der Waals surface area contributed by atoms with E-state index in [1.54, 1.807) is 20.8 Å². The molecule has 0 aromatic rings. The fourth-order valence-electron chi connectivity index (χ4n) is 6.80. The first kappa shape index (κ1) is 34.6. The smallest absolute Gasteiger partial charge is 0.408 e. The van der Waals surface area contributed by atoms with Crippen LogP contribution in [0.15, 0.2) is 11.9 Å². The summed E-state index contributed by atoms with van der Waals surface area (Å²) >= 11 is 0. The highest BCUT2D eigenvalue weighted by molar-refractivity contribution is 5.93. The van der Waals surface area contributed by atoms with Crippen LogP contribution in [0.25, 0.3) is 0 Å². The number of hydrogen-bond donors (Lipinski definition) is 3. The molecule has 45 heavy (non-hydrogen) atoms. The van der Waals surface area contributed by atoms with Crippen LogP contribution in [0.5, 0.6) is 0 Å². The molecule has 2 aliphatic carbocycles. The zero-order chi connectivity index (χ0) is 33.1. The summed E-state index contributed by atoms with van der Waals surface area (Å²) in [6.45, 7) is 6.79. The molecule has 2 saturated carbocycles. The average molecular weight is 643 g/mol. The zero-order valence-corrected chi connectivity index (χ0v) is 26.3. The SMILES string of the molecule is CCOC(=O)/C(F)=C/[C@H](C[C@@H]1CCNC1=O)NC(=O)[C@@H]1[C@@H]2CC[C@@H](CC2(F)F)N1C(=O)[C@@H](CC1CCC1)NC(=O)OC(C)(C)C. The van der Waals surface area contributed by atoms with E-state index in [2.05, 4.69) is 16.0 Å². The largest absolute Gasteiger partial charge is 0.461 e. The van der Waals surface area contributed by atoms with Crippen LogP contribution >= 0.6 is 0 Å². The molecule has 5 fully saturated rings. The highest BCUT2D eigenvalue weighted by atomic mass is 19.3. The Balaban J connectivity index is 1.62. The van der Waals surface area contributed by atoms with E-state index < -0.39 is 83.7 Å². The van der Waals surface area contributed by atoms with Gasteiger partial charge in [-0.25, -0.2) is 18.4 Å². The monoisotopic (exact) mass is 642 g/mol. The fourth-order valence-corrected chi connectivity index (χ4v) is 6.80. The molecule has 5 aliphatic rings. The maximum atomic E-state index is 15.3. The fraction of sp³-hybridized carbons (Fsp3) is 0.774. The Bertz CT molecular complexity index is 1190. The van der Waals surface area contributed by atoms with Gasteiger partial charge in [0.1, 0.15) is 17.7 Å². The number of alkyl carbamates (subject to hydrolysis) is 1. The van der Waals surface area contributed by atoms with E-state index in [0.29, 0.717) is 13.0 Å². The van der Waals surface area contributed by atoms with Crippen molar-refractivity contribution in [3.8, 4) is 0 Å². The van der Waals surface area contributed by atoms with Gasteiger partial charge in [0.05, 0.1) is 18.6 Å². The maximum Gasteiger partial charge on any atom is 0.408 e. The number of carbonyl (C=O) groups is 5. The first-order valence-corrected chi connectivity index (χ1v) is 15.9. The quantitative estimate of drug-likeness (QED) is 0.231. The van der Waals surface area contributed by atoms with Crippen molar-refractivity contribution in [1.29, 1.82) is 0 Å². The van der Waals surface area contributed by atoms with Crippen LogP contribution in [0.2, 0.25) is 0 Å². The van der Waals surface area contributed by atoms with Gasteiger partial charge in [0.15, 0.2) is 0 Å². The second-order valence-corrected chi connectivity index (χ2v) is 13.6. The molecule has 3 heterocycles. The molecule has 0 aromatic carbocycles. The van der Waals surface area contributed by atoms with Crippen LogP contribution in [-0.2, 0) is 28.7 Å². The van der Waals surface area contributed by atoms with Crippen LogP contribution in [0.1, 0.15) is 85.5 Å². The number of rotatable bonds is 11. The number of alkyl halides is 2. The normalized spacial score (nSPS) is 27.6. The molecule has 2 bridgehead atoms. The van der Waals surface area contributed by atoms with E-state index in [1.807, 2.05) is 0 Å². The molecule has 0 aromatic heterocycles. The van der Waals surface area contributed by atoms with E-state index in [0.717, 1.165) is 25.3 Å². The number of hydrogen-bond acceptors (Lipinski definition) is 7. The third-order valence-electron chi connectivity index (χ3n) is 9.09. The van der Waals surface area contributed by atoms with Crippen LogP contribution < -0.4 is 16.0 Å². The lowest BCUT2D eigenvalue weighted by Gasteiger charge is -2.54. The summed E-state index contributed by atoms with van der Waals surface area (Å²) in [5.41, 5.74) is -0.847. The van der Waals surface area contributed by atoms with Gasteiger partial charge < -0.3 is 30.3 Å². The number of carbonyl (C=O) groups excluding carboxylic acids is 5. The molecule has 0 radical (unpaired) electrons. The summed E-state index contributed by atoms with van der Waals surface area (Å²) in [6.07, 6.45) is 2.83. The summed E-state index contributed by atoms with van der Waals surface area (Å²) in [4.78, 5) is 66.3. The predicted molar refractivity (Wildman–Crippen MR) is 155 cm³/mol. The lowest BCUT2D eigenvalue weighted by atomic mass is 9.71. The van der Waals surface area contributed by atoms with E-state index in [9.17, 15) is 28.4 Å². The maximum absolute atomic E-state index is 15.3. The Morgan fingerprint density at radius 3 is 2.36 bits per heavy atom. The van der Waals surface area contributed by atoms with Crippen molar-refractivity contribution in [3.05, 3.63) is 11.9 Å². The Hall–Kier alpha value is -3.32. The van der Waals surface area contributed by atoms with Gasteiger partial charge in [-0.05, 0) is 71.8 Å². The minimum atomic E-state index is -3.25. The van der Waals surface area contributed by atoms with Crippen molar-refractivity contribution >= 4 is 29.8 Å². The van der Waals surface area contributed by atoms with Gasteiger partial charge in [0.25, 0.3) is 5.92 Å². The van der Waals surface area contributed by atoms with Crippen molar-refractivity contribution in [1.82, 2.24) is 20.9 Å². The molecular formula is C31H45F3N4O7. The third kappa shape index (κ3) is 8.49. The predicted octanol–water partition coefficient (Wildman–Crippen LogP) is 3.51. The summed E-state index contributed by atoms with van der Waals surface area (Å²) in [5.74, 6) is -9.73. The number of halogens is 3. The number of esters is 1. The van der Waals surface area contributed by atoms with Gasteiger partial charge >= 0.3 is 12.1 Å². The molecule has 11 nitrogen and oxygen atoms in total. The minimum Gasteiger partial charge on any atom is -0.461 e. The second kappa shape index (κ2) is 14.0. The van der Waals surface area contributed by atoms with Crippen LogP contribution in [-0.4, -0.2) is 83.5 Å². The highest BCUT2D eigenvalue weighted by Crippen LogP contribution is 2.49. The standard InChI is InChI=1S/C31H45F3N4O7/c1-5-44-28(42)22(32)15-19(14-18-11-12-35-25(18)39)36-26(40)24-21-10-9-20(16-31(21,33)34)38(24)27(41)23(13-17-7-6-8-17)37-29(43)45-30(2,3)4/h15,17-21,23-24H,5-14,16H2,1-4H3,(H,35,39)(H,36,40)(H,37,43)/b22-15-/t18-,19-,20-,21-,23+,24-/m0/s1. The molecule has 6 atom stereocenters. The van der Waals surface area contributed by atoms with Gasteiger partial charge in [-0.1, -0.05) is 19.3 Å². The third-order valence-corrected chi connectivity index (χ3v) is 9.09. The van der Waals surface area contributed by atoms with Crippen LogP contribution in [0.4, 0.5) is 18.0 Å². The van der Waals surface area contributed by atoms with Crippen molar-refractivity contribution in [2.24, 2.45) is 17.8 Å². The summed E-state index contributed by atoms with van der Waals surface area (Å²) < 4.78 is 55.5. The summed E-state index contributed by atoms with van der Waals surface area (Å²) in [5, 5.41) is 7.84. The molecule has 0 spiro atoms. The van der Waals surface area contributed by atoms with Crippen LogP contribution in [0.3, 0.4) is 0 Å². The Morgan fingerprint density at radius 2 is 1.80 bits per heavy atom. The number of fused-ring (bicyclic) bond motifs is 3. The molecular weight excluding hydrogens is 597 g/mol.